The summed E-state index contributed by atoms with van der Waals surface area (Å²) in [6.07, 6.45) is 1.50. The molecule has 0 fully saturated rings. The predicted octanol–water partition coefficient (Wildman–Crippen LogP) is 3.62. The van der Waals surface area contributed by atoms with Crippen LogP contribution in [0, 0.1) is 29.6 Å². The van der Waals surface area contributed by atoms with Gasteiger partial charge in [0, 0.05) is 16.7 Å². The molecular weight excluding hydrogens is 378 g/mol. The normalized spacial score (nSPS) is 11.2. The van der Waals surface area contributed by atoms with Crippen LogP contribution in [-0.4, -0.2) is 21.5 Å². The van der Waals surface area contributed by atoms with Crippen LogP contribution in [-0.2, 0) is 6.54 Å². The molecule has 0 atom stereocenters. The smallest absolute Gasteiger partial charge is 0.140 e. The lowest BCUT2D eigenvalue weighted by Gasteiger charge is -2.03. The molecule has 2 aromatic heterocycles. The van der Waals surface area contributed by atoms with Crippen molar-refractivity contribution in [2.24, 2.45) is 0 Å². The summed E-state index contributed by atoms with van der Waals surface area (Å²) in [5.74, 6) is 1.13. The van der Waals surface area contributed by atoms with E-state index in [1.807, 2.05) is 31.2 Å². The number of anilines is 1. The lowest BCUT2D eigenvalue weighted by atomic mass is 10.1. The number of nitrogen functional groups attached to an aromatic ring is 1. The van der Waals surface area contributed by atoms with Gasteiger partial charge in [-0.3, -0.25) is 0 Å². The molecule has 140 valence electrons. The number of aromatic nitrogens is 2. The number of halogens is 1. The van der Waals surface area contributed by atoms with E-state index in [0.29, 0.717) is 16.5 Å². The van der Waals surface area contributed by atoms with Crippen molar-refractivity contribution < 1.29 is 9.52 Å². The van der Waals surface area contributed by atoms with Crippen LogP contribution in [0.4, 0.5) is 5.82 Å². The number of benzene rings is 1. The summed E-state index contributed by atoms with van der Waals surface area (Å²) in [5, 5.41) is 32.9. The van der Waals surface area contributed by atoms with Crippen molar-refractivity contribution in [1.29, 1.82) is 10.5 Å². The number of nitrogens with two attached hydrogens (primary N) is 1. The first-order valence-corrected chi connectivity index (χ1v) is 8.72. The summed E-state index contributed by atoms with van der Waals surface area (Å²) in [7, 11) is 0. The van der Waals surface area contributed by atoms with Crippen molar-refractivity contribution >= 4 is 29.1 Å². The van der Waals surface area contributed by atoms with Gasteiger partial charge >= 0.3 is 0 Å². The highest BCUT2D eigenvalue weighted by Crippen LogP contribution is 2.31. The molecule has 0 aliphatic carbocycles. The van der Waals surface area contributed by atoms with E-state index in [-0.39, 0.29) is 35.8 Å². The molecule has 1 aromatic carbocycles. The van der Waals surface area contributed by atoms with E-state index in [1.54, 1.807) is 18.2 Å². The van der Waals surface area contributed by atoms with Gasteiger partial charge in [-0.15, -0.1) is 0 Å². The summed E-state index contributed by atoms with van der Waals surface area (Å²) in [6.45, 7) is 1.83. The Hall–Kier alpha value is -3.52. The van der Waals surface area contributed by atoms with Gasteiger partial charge < -0.3 is 15.3 Å². The van der Waals surface area contributed by atoms with Gasteiger partial charge in [0.05, 0.1) is 18.7 Å². The van der Waals surface area contributed by atoms with Crippen LogP contribution in [0.1, 0.15) is 22.6 Å². The first-order valence-electron chi connectivity index (χ1n) is 8.34. The Labute approximate surface area is 166 Å². The third-order valence-corrected chi connectivity index (χ3v) is 4.65. The van der Waals surface area contributed by atoms with Gasteiger partial charge in [-0.25, -0.2) is 4.68 Å². The number of hydrogen-bond donors (Lipinski definition) is 2. The zero-order valence-corrected chi connectivity index (χ0v) is 15.7. The minimum absolute atomic E-state index is 0.0821. The quantitative estimate of drug-likeness (QED) is 0.638. The minimum Gasteiger partial charge on any atom is -0.457 e. The van der Waals surface area contributed by atoms with Gasteiger partial charge in [0.2, 0.25) is 0 Å². The molecule has 3 N–H and O–H groups in total. The van der Waals surface area contributed by atoms with Crippen molar-refractivity contribution in [1.82, 2.24) is 9.78 Å². The molecule has 2 heterocycles. The average molecular weight is 394 g/mol. The Balaban J connectivity index is 2.03. The third kappa shape index (κ3) is 3.49. The van der Waals surface area contributed by atoms with Crippen LogP contribution >= 0.6 is 11.6 Å². The molecule has 0 unspecified atom stereocenters. The second-order valence-corrected chi connectivity index (χ2v) is 6.36. The van der Waals surface area contributed by atoms with Gasteiger partial charge in [0.15, 0.2) is 0 Å². The number of hydrogen-bond acceptors (Lipinski definition) is 6. The lowest BCUT2D eigenvalue weighted by molar-refractivity contribution is 0.270. The predicted molar refractivity (Wildman–Crippen MR) is 106 cm³/mol. The molecule has 0 amide bonds. The second-order valence-electron chi connectivity index (χ2n) is 5.95. The molecule has 3 rings (SSSR count). The van der Waals surface area contributed by atoms with Gasteiger partial charge in [-0.05, 0) is 30.7 Å². The van der Waals surface area contributed by atoms with Gasteiger partial charge in [-0.1, -0.05) is 23.7 Å². The van der Waals surface area contributed by atoms with Crippen LogP contribution in [0.5, 0.6) is 0 Å². The minimum atomic E-state index is -0.192. The van der Waals surface area contributed by atoms with Crippen LogP contribution < -0.4 is 5.73 Å². The number of rotatable bonds is 5. The first kappa shape index (κ1) is 19.2. The Morgan fingerprint density at radius 3 is 2.82 bits per heavy atom. The topological polar surface area (TPSA) is 125 Å². The summed E-state index contributed by atoms with van der Waals surface area (Å²) in [5.41, 5.74) is 7.98. The van der Waals surface area contributed by atoms with Crippen molar-refractivity contribution in [3.8, 4) is 23.5 Å². The zero-order chi connectivity index (χ0) is 20.3. The van der Waals surface area contributed by atoms with Crippen LogP contribution in [0.25, 0.3) is 23.0 Å². The van der Waals surface area contributed by atoms with Crippen molar-refractivity contribution in [3.63, 3.8) is 0 Å². The highest BCUT2D eigenvalue weighted by molar-refractivity contribution is 6.31. The molecule has 0 radical (unpaired) electrons. The molecule has 3 aromatic rings. The van der Waals surface area contributed by atoms with Crippen LogP contribution in [0.3, 0.4) is 0 Å². The molecule has 0 aliphatic heterocycles. The fourth-order valence-corrected chi connectivity index (χ4v) is 2.96. The monoisotopic (exact) mass is 393 g/mol. The molecule has 0 saturated heterocycles. The molecule has 0 aliphatic rings. The number of aliphatic hydroxyl groups excluding tert-OH is 1. The first-order chi connectivity index (χ1) is 13.5. The van der Waals surface area contributed by atoms with Crippen molar-refractivity contribution in [2.45, 2.75) is 13.5 Å². The fourth-order valence-electron chi connectivity index (χ4n) is 2.78. The molecule has 8 heteroatoms. The van der Waals surface area contributed by atoms with E-state index in [9.17, 15) is 10.5 Å². The number of nitriles is 2. The number of allylic oxidation sites excluding steroid dienone is 1. The van der Waals surface area contributed by atoms with Crippen molar-refractivity contribution in [3.05, 3.63) is 57.9 Å². The highest BCUT2D eigenvalue weighted by atomic mass is 35.5. The third-order valence-electron chi connectivity index (χ3n) is 4.24. The zero-order valence-electron chi connectivity index (χ0n) is 15.0. The largest absolute Gasteiger partial charge is 0.457 e. The van der Waals surface area contributed by atoms with Crippen LogP contribution in [0.2, 0.25) is 5.02 Å². The molecule has 7 nitrogen and oxygen atoms in total. The van der Waals surface area contributed by atoms with Gasteiger partial charge in [0.25, 0.3) is 0 Å². The maximum absolute atomic E-state index is 9.57. The van der Waals surface area contributed by atoms with Crippen molar-refractivity contribution in [2.75, 3.05) is 12.3 Å². The van der Waals surface area contributed by atoms with E-state index in [1.165, 1.54) is 10.8 Å². The Bertz CT molecular complexity index is 1140. The number of aliphatic hydroxyl groups is 1. The van der Waals surface area contributed by atoms with E-state index in [4.69, 9.17) is 26.9 Å². The average Bonchev–Trinajstić information content (AvgIpc) is 3.27. The molecular formula is C20H16ClN5O2. The number of furan rings is 1. The number of nitrogens with zero attached hydrogens (tertiary/aromatic N) is 4. The standard InChI is InChI=1S/C20H16ClN5O2/c1-12-15(3-2-4-17(12)21)18-6-5-14(28-18)9-13(10-22)19-16(11-23)20(24)26(25-19)7-8-27/h2-6,9,27H,7-8,24H2,1H3/b13-9+. The lowest BCUT2D eigenvalue weighted by Crippen LogP contribution is -2.07. The Morgan fingerprint density at radius 1 is 1.36 bits per heavy atom. The summed E-state index contributed by atoms with van der Waals surface area (Å²) in [4.78, 5) is 0. The molecule has 0 spiro atoms. The maximum Gasteiger partial charge on any atom is 0.140 e. The van der Waals surface area contributed by atoms with Crippen LogP contribution in [0.15, 0.2) is 34.7 Å². The van der Waals surface area contributed by atoms with Gasteiger partial charge in [0.1, 0.15) is 40.7 Å². The highest BCUT2D eigenvalue weighted by Gasteiger charge is 2.19. The van der Waals surface area contributed by atoms with E-state index >= 15 is 0 Å². The van der Waals surface area contributed by atoms with E-state index < -0.39 is 0 Å². The SMILES string of the molecule is Cc1c(Cl)cccc1-c1ccc(/C=C(\C#N)c2nn(CCO)c(N)c2C#N)o1. The summed E-state index contributed by atoms with van der Waals surface area (Å²) < 4.78 is 7.14. The summed E-state index contributed by atoms with van der Waals surface area (Å²) in [6, 6.07) is 13.0. The maximum atomic E-state index is 9.57. The van der Waals surface area contributed by atoms with E-state index in [0.717, 1.165) is 11.1 Å². The second kappa shape index (κ2) is 8.01. The van der Waals surface area contributed by atoms with E-state index in [2.05, 4.69) is 5.10 Å². The Kier molecular flexibility index (Phi) is 5.51. The molecule has 0 saturated carbocycles. The Morgan fingerprint density at radius 2 is 2.14 bits per heavy atom. The molecule has 28 heavy (non-hydrogen) atoms. The molecule has 0 bridgehead atoms. The fraction of sp³-hybridized carbons (Fsp3) is 0.150. The van der Waals surface area contributed by atoms with Gasteiger partial charge in [-0.2, -0.15) is 15.6 Å². The summed E-state index contributed by atoms with van der Waals surface area (Å²) >= 11 is 6.17.